The molecule has 1 aliphatic heterocycles. The number of aromatic nitrogens is 4. The number of nitrogens with two attached hydrogens (primary N) is 1. The molecule has 13 heteroatoms. The van der Waals surface area contributed by atoms with Gasteiger partial charge in [-0.1, -0.05) is 0 Å². The summed E-state index contributed by atoms with van der Waals surface area (Å²) in [5.41, 5.74) is 0.291. The molecule has 0 unspecified atom stereocenters. The second kappa shape index (κ2) is 8.90. The number of amides is 1. The molecule has 2 N–H and O–H groups in total. The number of benzene rings is 1. The van der Waals surface area contributed by atoms with Crippen molar-refractivity contribution in [3.05, 3.63) is 36.5 Å². The van der Waals surface area contributed by atoms with Crippen LogP contribution in [0.5, 0.6) is 5.88 Å². The highest BCUT2D eigenvalue weighted by atomic mass is 32.2. The summed E-state index contributed by atoms with van der Waals surface area (Å²) >= 11 is 0. The number of primary sulfonamides is 1. The van der Waals surface area contributed by atoms with Crippen molar-refractivity contribution < 1.29 is 27.1 Å². The summed E-state index contributed by atoms with van der Waals surface area (Å²) in [4.78, 5) is 21.7. The van der Waals surface area contributed by atoms with Gasteiger partial charge in [0.25, 0.3) is 0 Å². The van der Waals surface area contributed by atoms with Gasteiger partial charge in [-0.25, -0.2) is 37.4 Å². The quantitative estimate of drug-likeness (QED) is 0.587. The molecule has 0 spiro atoms. The zero-order valence-corrected chi connectivity index (χ0v) is 18.8. The summed E-state index contributed by atoms with van der Waals surface area (Å²) in [5.74, 6) is -0.538. The first-order valence-corrected chi connectivity index (χ1v) is 11.8. The third-order valence-corrected chi connectivity index (χ3v) is 6.03. The summed E-state index contributed by atoms with van der Waals surface area (Å²) in [6.45, 7) is 4.58. The molecule has 2 aromatic heterocycles. The second-order valence-electron chi connectivity index (χ2n) is 7.87. The Labute approximate surface area is 189 Å². The minimum atomic E-state index is -4.04. The van der Waals surface area contributed by atoms with Crippen molar-refractivity contribution in [1.29, 1.82) is 0 Å². The lowest BCUT2D eigenvalue weighted by atomic mass is 10.1. The van der Waals surface area contributed by atoms with Gasteiger partial charge in [0.1, 0.15) is 29.3 Å². The molecule has 33 heavy (non-hydrogen) atoms. The first-order valence-electron chi connectivity index (χ1n) is 10.3. The largest absolute Gasteiger partial charge is 0.474 e. The van der Waals surface area contributed by atoms with Gasteiger partial charge in [0.2, 0.25) is 15.9 Å². The maximum absolute atomic E-state index is 14.6. The summed E-state index contributed by atoms with van der Waals surface area (Å²) in [7, 11) is -4.04. The molecular formula is C20H23FN6O5S. The first-order chi connectivity index (χ1) is 15.6. The molecule has 176 valence electrons. The number of nitrogens with zero attached hydrogens (tertiary/aromatic N) is 5. The number of carbonyl (C=O) groups is 1. The van der Waals surface area contributed by atoms with E-state index in [-0.39, 0.29) is 34.8 Å². The minimum absolute atomic E-state index is 0.000905. The van der Waals surface area contributed by atoms with Gasteiger partial charge in [0.05, 0.1) is 17.2 Å². The molecule has 3 heterocycles. The van der Waals surface area contributed by atoms with Crippen LogP contribution in [0.15, 0.2) is 35.6 Å². The Morgan fingerprint density at radius 3 is 2.61 bits per heavy atom. The number of carbonyl (C=O) groups excluding carboxylic acids is 1. The molecule has 1 aliphatic rings. The van der Waals surface area contributed by atoms with Crippen molar-refractivity contribution >= 4 is 27.1 Å². The van der Waals surface area contributed by atoms with Crippen molar-refractivity contribution in [1.82, 2.24) is 24.6 Å². The second-order valence-corrected chi connectivity index (χ2v) is 9.43. The maximum atomic E-state index is 14.6. The monoisotopic (exact) mass is 478 g/mol. The Morgan fingerprint density at radius 1 is 1.24 bits per heavy atom. The van der Waals surface area contributed by atoms with E-state index in [4.69, 9.17) is 14.6 Å². The molecule has 11 nitrogen and oxygen atoms in total. The Bertz CT molecular complexity index is 1290. The lowest BCUT2D eigenvalue weighted by molar-refractivity contribution is 0.0511. The molecule has 1 saturated heterocycles. The SMILES string of the molecule is CC(C)OC(=O)N1CCC(Oc2ncnc3c2cnn3-c2ccc(S(N)(=O)=O)cc2F)CC1. The lowest BCUT2D eigenvalue weighted by Crippen LogP contribution is -2.42. The Morgan fingerprint density at radius 2 is 1.97 bits per heavy atom. The molecule has 0 radical (unpaired) electrons. The van der Waals surface area contributed by atoms with Crippen LogP contribution in [0.25, 0.3) is 16.7 Å². The first kappa shape index (κ1) is 22.9. The fourth-order valence-corrected chi connectivity index (χ4v) is 4.04. The molecule has 1 fully saturated rings. The summed E-state index contributed by atoms with van der Waals surface area (Å²) < 4.78 is 50.0. The smallest absolute Gasteiger partial charge is 0.410 e. The van der Waals surface area contributed by atoms with Crippen molar-refractivity contribution in [2.45, 2.75) is 43.8 Å². The molecule has 4 rings (SSSR count). The number of hydrogen-bond donors (Lipinski definition) is 1. The minimum Gasteiger partial charge on any atom is -0.474 e. The number of sulfonamides is 1. The number of halogens is 1. The van der Waals surface area contributed by atoms with Crippen molar-refractivity contribution in [2.24, 2.45) is 5.14 Å². The third-order valence-electron chi connectivity index (χ3n) is 5.12. The average molecular weight is 479 g/mol. The van der Waals surface area contributed by atoms with Gasteiger partial charge < -0.3 is 14.4 Å². The van der Waals surface area contributed by atoms with Gasteiger partial charge in [0, 0.05) is 25.9 Å². The van der Waals surface area contributed by atoms with Crippen molar-refractivity contribution in [3.63, 3.8) is 0 Å². The van der Waals surface area contributed by atoms with Crippen molar-refractivity contribution in [2.75, 3.05) is 13.1 Å². The third kappa shape index (κ3) is 4.88. The Kier molecular flexibility index (Phi) is 6.17. The van der Waals surface area contributed by atoms with E-state index in [9.17, 15) is 17.6 Å². The van der Waals surface area contributed by atoms with E-state index in [2.05, 4.69) is 15.1 Å². The number of hydrogen-bond acceptors (Lipinski definition) is 8. The van der Waals surface area contributed by atoms with Crippen LogP contribution in [0, 0.1) is 5.82 Å². The number of rotatable bonds is 5. The molecule has 0 atom stereocenters. The highest BCUT2D eigenvalue weighted by molar-refractivity contribution is 7.89. The topological polar surface area (TPSA) is 143 Å². The predicted octanol–water partition coefficient (Wildman–Crippen LogP) is 1.99. The molecule has 1 amide bonds. The maximum Gasteiger partial charge on any atom is 0.410 e. The van der Waals surface area contributed by atoms with Gasteiger partial charge in [0.15, 0.2) is 5.65 Å². The molecule has 0 aliphatic carbocycles. The number of piperidine rings is 1. The molecule has 1 aromatic carbocycles. The van der Waals surface area contributed by atoms with Gasteiger partial charge in [-0.2, -0.15) is 5.10 Å². The number of ether oxygens (including phenoxy) is 2. The molecule has 0 bridgehead atoms. The van der Waals surface area contributed by atoms with E-state index < -0.39 is 15.8 Å². The van der Waals surface area contributed by atoms with E-state index in [1.54, 1.807) is 18.7 Å². The van der Waals surface area contributed by atoms with Crippen LogP contribution in [0.3, 0.4) is 0 Å². The summed E-state index contributed by atoms with van der Waals surface area (Å²) in [5, 5.41) is 9.70. The van der Waals surface area contributed by atoms with Gasteiger partial charge in [-0.3, -0.25) is 0 Å². The van der Waals surface area contributed by atoms with Gasteiger partial charge in [-0.15, -0.1) is 0 Å². The van der Waals surface area contributed by atoms with Crippen LogP contribution < -0.4 is 9.88 Å². The fourth-order valence-electron chi connectivity index (χ4n) is 3.52. The molecular weight excluding hydrogens is 455 g/mol. The molecule has 0 saturated carbocycles. The zero-order chi connectivity index (χ0) is 23.8. The van der Waals surface area contributed by atoms with E-state index in [0.29, 0.717) is 37.0 Å². The Hall–Kier alpha value is -3.32. The highest BCUT2D eigenvalue weighted by Gasteiger charge is 2.26. The van der Waals surface area contributed by atoms with Gasteiger partial charge in [-0.05, 0) is 32.0 Å². The standard InChI is InChI=1S/C20H23FN6O5S/c1-12(2)31-20(28)26-7-5-13(6-8-26)32-19-15-10-25-27(18(15)23-11-24-19)17-4-3-14(9-16(17)21)33(22,29)30/h3-4,9-13H,5-8H2,1-2H3,(H2,22,29,30). The van der Waals surface area contributed by atoms with Crippen LogP contribution in [0.1, 0.15) is 26.7 Å². The van der Waals surface area contributed by atoms with Crippen LogP contribution in [-0.4, -0.2) is 64.5 Å². The molecule has 3 aromatic rings. The number of likely N-dealkylation sites (tertiary alicyclic amines) is 1. The predicted molar refractivity (Wildman–Crippen MR) is 115 cm³/mol. The average Bonchev–Trinajstić information content (AvgIpc) is 3.18. The Balaban J connectivity index is 1.53. The zero-order valence-electron chi connectivity index (χ0n) is 18.0. The van der Waals surface area contributed by atoms with E-state index in [1.807, 2.05) is 0 Å². The van der Waals surface area contributed by atoms with Crippen LogP contribution in [0.4, 0.5) is 9.18 Å². The summed E-state index contributed by atoms with van der Waals surface area (Å²) in [6, 6.07) is 3.28. The van der Waals surface area contributed by atoms with Crippen LogP contribution >= 0.6 is 0 Å². The van der Waals surface area contributed by atoms with Crippen molar-refractivity contribution in [3.8, 4) is 11.6 Å². The highest BCUT2D eigenvalue weighted by Crippen LogP contribution is 2.27. The van der Waals surface area contributed by atoms with E-state index >= 15 is 0 Å². The van der Waals surface area contributed by atoms with Crippen LogP contribution in [-0.2, 0) is 14.8 Å². The summed E-state index contributed by atoms with van der Waals surface area (Å²) in [6.07, 6.45) is 3.21. The lowest BCUT2D eigenvalue weighted by Gasteiger charge is -2.31. The normalized spacial score (nSPS) is 15.2. The van der Waals surface area contributed by atoms with Crippen LogP contribution in [0.2, 0.25) is 0 Å². The van der Waals surface area contributed by atoms with E-state index in [1.165, 1.54) is 29.3 Å². The number of fused-ring (bicyclic) bond motifs is 1. The fraction of sp³-hybridized carbons (Fsp3) is 0.400. The van der Waals surface area contributed by atoms with Gasteiger partial charge >= 0.3 is 6.09 Å². The van der Waals surface area contributed by atoms with E-state index in [0.717, 1.165) is 6.07 Å².